The molecule has 0 radical (unpaired) electrons. The molecule has 0 spiro atoms. The van der Waals surface area contributed by atoms with Crippen molar-refractivity contribution in [2.75, 3.05) is 20.8 Å². The summed E-state index contributed by atoms with van der Waals surface area (Å²) in [5.41, 5.74) is 1.36. The van der Waals surface area contributed by atoms with Gasteiger partial charge in [0.05, 0.1) is 25.0 Å². The fourth-order valence-electron chi connectivity index (χ4n) is 2.40. The van der Waals surface area contributed by atoms with Gasteiger partial charge in [-0.25, -0.2) is 0 Å². The van der Waals surface area contributed by atoms with Crippen molar-refractivity contribution in [3.8, 4) is 0 Å². The molecule has 2 unspecified atom stereocenters. The summed E-state index contributed by atoms with van der Waals surface area (Å²) in [7, 11) is 3.83. The quantitative estimate of drug-likeness (QED) is 0.750. The Balaban J connectivity index is 2.03. The van der Waals surface area contributed by atoms with Gasteiger partial charge >= 0.3 is 0 Å². The highest BCUT2D eigenvalue weighted by Gasteiger charge is 2.37. The second-order valence-corrected chi connectivity index (χ2v) is 4.47. The molecule has 2 rings (SSSR count). The zero-order valence-electron chi connectivity index (χ0n) is 9.66. The molecule has 0 bridgehead atoms. The molecule has 15 heavy (non-hydrogen) atoms. The van der Waals surface area contributed by atoms with Crippen LogP contribution in [-0.2, 0) is 9.47 Å². The van der Waals surface area contributed by atoms with Gasteiger partial charge in [-0.1, -0.05) is 0 Å². The molecule has 3 heteroatoms. The van der Waals surface area contributed by atoms with Crippen molar-refractivity contribution in [2.45, 2.75) is 37.8 Å². The summed E-state index contributed by atoms with van der Waals surface area (Å²) in [6.07, 6.45) is 7.14. The van der Waals surface area contributed by atoms with Gasteiger partial charge in [0.15, 0.2) is 0 Å². The van der Waals surface area contributed by atoms with Crippen molar-refractivity contribution in [2.24, 2.45) is 5.92 Å². The molecule has 3 nitrogen and oxygen atoms in total. The van der Waals surface area contributed by atoms with Crippen LogP contribution in [0, 0.1) is 5.92 Å². The Morgan fingerprint density at radius 1 is 1.53 bits per heavy atom. The minimum atomic E-state index is 0.322. The first-order valence-electron chi connectivity index (χ1n) is 5.87. The third-order valence-electron chi connectivity index (χ3n) is 3.36. The van der Waals surface area contributed by atoms with Crippen LogP contribution in [-0.4, -0.2) is 32.9 Å². The molecule has 1 N–H and O–H groups in total. The van der Waals surface area contributed by atoms with E-state index in [1.54, 1.807) is 0 Å². The van der Waals surface area contributed by atoms with Gasteiger partial charge in [-0.3, -0.25) is 0 Å². The highest BCUT2D eigenvalue weighted by Crippen LogP contribution is 2.37. The van der Waals surface area contributed by atoms with Crippen molar-refractivity contribution in [1.29, 1.82) is 0 Å². The predicted octanol–water partition coefficient (Wildman–Crippen LogP) is 1.69. The van der Waals surface area contributed by atoms with Crippen molar-refractivity contribution in [3.05, 3.63) is 11.8 Å². The normalized spacial score (nSPS) is 25.3. The molecule has 2 aliphatic rings. The summed E-state index contributed by atoms with van der Waals surface area (Å²) in [6.45, 7) is 0.862. The Labute approximate surface area is 91.8 Å². The van der Waals surface area contributed by atoms with E-state index in [4.69, 9.17) is 9.47 Å². The van der Waals surface area contributed by atoms with Gasteiger partial charge in [0.25, 0.3) is 0 Å². The van der Waals surface area contributed by atoms with Gasteiger partial charge in [0.2, 0.25) is 0 Å². The highest BCUT2D eigenvalue weighted by atomic mass is 16.5. The molecule has 86 valence electrons. The van der Waals surface area contributed by atoms with E-state index in [9.17, 15) is 0 Å². The number of hydrogen-bond donors (Lipinski definition) is 1. The van der Waals surface area contributed by atoms with Crippen molar-refractivity contribution >= 4 is 0 Å². The van der Waals surface area contributed by atoms with Crippen LogP contribution < -0.4 is 5.32 Å². The Morgan fingerprint density at radius 3 is 2.80 bits per heavy atom. The van der Waals surface area contributed by atoms with E-state index in [0.717, 1.165) is 25.4 Å². The van der Waals surface area contributed by atoms with Gasteiger partial charge in [0.1, 0.15) is 0 Å². The number of nitrogens with one attached hydrogen (secondary N) is 1. The maximum Gasteiger partial charge on any atom is 0.0876 e. The third-order valence-corrected chi connectivity index (χ3v) is 3.36. The van der Waals surface area contributed by atoms with E-state index in [-0.39, 0.29) is 0 Å². The fourth-order valence-corrected chi connectivity index (χ4v) is 2.40. The smallest absolute Gasteiger partial charge is 0.0876 e. The van der Waals surface area contributed by atoms with E-state index in [1.165, 1.54) is 18.4 Å². The van der Waals surface area contributed by atoms with Crippen LogP contribution in [0.5, 0.6) is 0 Å². The number of methoxy groups -OCH3 is 1. The predicted molar refractivity (Wildman–Crippen MR) is 59.6 cm³/mol. The van der Waals surface area contributed by atoms with E-state index in [0.29, 0.717) is 12.1 Å². The maximum atomic E-state index is 5.62. The number of hydrogen-bond acceptors (Lipinski definition) is 3. The van der Waals surface area contributed by atoms with Crippen LogP contribution in [0.15, 0.2) is 11.8 Å². The second-order valence-electron chi connectivity index (χ2n) is 4.47. The van der Waals surface area contributed by atoms with Crippen LogP contribution in [0.2, 0.25) is 0 Å². The van der Waals surface area contributed by atoms with E-state index in [1.807, 2.05) is 20.4 Å². The van der Waals surface area contributed by atoms with E-state index >= 15 is 0 Å². The number of ether oxygens (including phenoxy) is 2. The summed E-state index contributed by atoms with van der Waals surface area (Å²) in [6, 6.07) is 0.336. The maximum absolute atomic E-state index is 5.62. The lowest BCUT2D eigenvalue weighted by Gasteiger charge is -2.29. The number of likely N-dealkylation sites (N-methyl/N-ethyl adjacent to an activating group) is 1. The Morgan fingerprint density at radius 2 is 2.33 bits per heavy atom. The average Bonchev–Trinajstić information content (AvgIpc) is 3.11. The second kappa shape index (κ2) is 4.99. The van der Waals surface area contributed by atoms with Crippen LogP contribution in [0.4, 0.5) is 0 Å². The molecule has 1 aliphatic heterocycles. The number of rotatable bonds is 5. The summed E-state index contributed by atoms with van der Waals surface area (Å²) in [5, 5.41) is 3.37. The lowest BCUT2D eigenvalue weighted by Crippen LogP contribution is -2.42. The molecule has 1 heterocycles. The first-order chi connectivity index (χ1) is 7.36. The van der Waals surface area contributed by atoms with Gasteiger partial charge in [0, 0.05) is 7.11 Å². The first-order valence-corrected chi connectivity index (χ1v) is 5.87. The minimum Gasteiger partial charge on any atom is -0.501 e. The molecule has 1 aliphatic carbocycles. The fraction of sp³-hybridized carbons (Fsp3) is 0.833. The van der Waals surface area contributed by atoms with Gasteiger partial charge < -0.3 is 14.8 Å². The minimum absolute atomic E-state index is 0.322. The average molecular weight is 211 g/mol. The summed E-state index contributed by atoms with van der Waals surface area (Å²) >= 11 is 0. The van der Waals surface area contributed by atoms with Crippen molar-refractivity contribution in [3.63, 3.8) is 0 Å². The van der Waals surface area contributed by atoms with Crippen molar-refractivity contribution < 1.29 is 9.47 Å². The highest BCUT2D eigenvalue weighted by molar-refractivity contribution is 5.14. The molecule has 1 fully saturated rings. The molecule has 2 atom stereocenters. The largest absolute Gasteiger partial charge is 0.501 e. The SMILES string of the molecule is CNC(C1=COCCC1)C(OC)C1CC1. The molecule has 0 saturated heterocycles. The standard InChI is InChI=1S/C12H21NO2/c1-13-11(10-4-3-7-15-8-10)12(14-2)9-5-6-9/h8-9,11-13H,3-7H2,1-2H3. The van der Waals surface area contributed by atoms with Crippen LogP contribution in [0.25, 0.3) is 0 Å². The zero-order chi connectivity index (χ0) is 10.7. The molecule has 0 aromatic carbocycles. The molecule has 0 aromatic rings. The summed E-state index contributed by atoms with van der Waals surface area (Å²) in [4.78, 5) is 0. The lowest BCUT2D eigenvalue weighted by molar-refractivity contribution is 0.0594. The third kappa shape index (κ3) is 2.52. The van der Waals surface area contributed by atoms with Gasteiger partial charge in [-0.2, -0.15) is 0 Å². The summed E-state index contributed by atoms with van der Waals surface area (Å²) < 4.78 is 11.0. The summed E-state index contributed by atoms with van der Waals surface area (Å²) in [5.74, 6) is 0.746. The molecular weight excluding hydrogens is 190 g/mol. The van der Waals surface area contributed by atoms with Crippen LogP contribution >= 0.6 is 0 Å². The monoisotopic (exact) mass is 211 g/mol. The van der Waals surface area contributed by atoms with Crippen LogP contribution in [0.1, 0.15) is 25.7 Å². The first kappa shape index (κ1) is 11.0. The Bertz CT molecular complexity index is 236. The lowest BCUT2D eigenvalue weighted by atomic mass is 9.95. The molecule has 0 aromatic heterocycles. The zero-order valence-corrected chi connectivity index (χ0v) is 9.66. The molecular formula is C12H21NO2. The van der Waals surface area contributed by atoms with Gasteiger partial charge in [-0.05, 0) is 44.2 Å². The van der Waals surface area contributed by atoms with E-state index in [2.05, 4.69) is 5.32 Å². The van der Waals surface area contributed by atoms with Crippen molar-refractivity contribution in [1.82, 2.24) is 5.32 Å². The van der Waals surface area contributed by atoms with Crippen LogP contribution in [0.3, 0.4) is 0 Å². The molecule has 1 saturated carbocycles. The Hall–Kier alpha value is -0.540. The Kier molecular flexibility index (Phi) is 3.65. The van der Waals surface area contributed by atoms with Gasteiger partial charge in [-0.15, -0.1) is 0 Å². The van der Waals surface area contributed by atoms with E-state index < -0.39 is 0 Å². The molecule has 0 amide bonds. The topological polar surface area (TPSA) is 30.5 Å².